The summed E-state index contributed by atoms with van der Waals surface area (Å²) in [6, 6.07) is 12.7. The van der Waals surface area contributed by atoms with Crippen LogP contribution < -0.4 is 5.32 Å². The van der Waals surface area contributed by atoms with Crippen molar-refractivity contribution in [2.75, 3.05) is 5.32 Å². The van der Waals surface area contributed by atoms with Crippen LogP contribution in [0, 0.1) is 11.6 Å². The maximum atomic E-state index is 13.8. The van der Waals surface area contributed by atoms with Crippen molar-refractivity contribution < 1.29 is 13.6 Å². The molecule has 5 nitrogen and oxygen atoms in total. The van der Waals surface area contributed by atoms with Gasteiger partial charge in [-0.05, 0) is 44.0 Å². The molecule has 1 fully saturated rings. The standard InChI is InChI=1S/C20H18F2N4OS/c1-12(19(27)23-17-11-14(21)9-10-16(17)22)28-20-25-24-18(13-7-8-13)26(20)15-5-3-2-4-6-15/h2-6,9-13H,7-8H2,1H3,(H,23,27)/t12-/m0/s1. The average Bonchev–Trinajstić information content (AvgIpc) is 3.46. The summed E-state index contributed by atoms with van der Waals surface area (Å²) in [6.45, 7) is 1.69. The van der Waals surface area contributed by atoms with E-state index in [1.54, 1.807) is 6.92 Å². The van der Waals surface area contributed by atoms with Crippen LogP contribution in [0.25, 0.3) is 5.69 Å². The largest absolute Gasteiger partial charge is 0.323 e. The predicted octanol–water partition coefficient (Wildman–Crippen LogP) is 4.54. The van der Waals surface area contributed by atoms with Crippen molar-refractivity contribution in [3.63, 3.8) is 0 Å². The number of aromatic nitrogens is 3. The highest BCUT2D eigenvalue weighted by Gasteiger charge is 2.32. The van der Waals surface area contributed by atoms with Crippen LogP contribution in [0.4, 0.5) is 14.5 Å². The Labute approximate surface area is 165 Å². The van der Waals surface area contributed by atoms with Crippen LogP contribution in [0.2, 0.25) is 0 Å². The molecule has 0 aliphatic heterocycles. The lowest BCUT2D eigenvalue weighted by molar-refractivity contribution is -0.115. The van der Waals surface area contributed by atoms with E-state index in [-0.39, 0.29) is 5.69 Å². The van der Waals surface area contributed by atoms with Gasteiger partial charge in [-0.2, -0.15) is 0 Å². The first-order chi connectivity index (χ1) is 13.5. The van der Waals surface area contributed by atoms with Gasteiger partial charge in [0.05, 0.1) is 10.9 Å². The quantitative estimate of drug-likeness (QED) is 0.617. The van der Waals surface area contributed by atoms with Gasteiger partial charge in [0.2, 0.25) is 5.91 Å². The molecule has 144 valence electrons. The Morgan fingerprint density at radius 3 is 2.64 bits per heavy atom. The summed E-state index contributed by atoms with van der Waals surface area (Å²) in [5, 5.41) is 11.1. The minimum atomic E-state index is -0.685. The number of rotatable bonds is 6. The first-order valence-corrected chi connectivity index (χ1v) is 9.84. The minimum Gasteiger partial charge on any atom is -0.323 e. The Balaban J connectivity index is 1.55. The molecule has 1 heterocycles. The maximum absolute atomic E-state index is 13.8. The number of benzene rings is 2. The third-order valence-electron chi connectivity index (χ3n) is 4.45. The summed E-state index contributed by atoms with van der Waals surface area (Å²) in [5.74, 6) is -0.472. The topological polar surface area (TPSA) is 59.8 Å². The zero-order valence-electron chi connectivity index (χ0n) is 15.1. The third-order valence-corrected chi connectivity index (χ3v) is 5.50. The summed E-state index contributed by atoms with van der Waals surface area (Å²) in [6.07, 6.45) is 2.15. The molecule has 0 radical (unpaired) electrons. The zero-order valence-corrected chi connectivity index (χ0v) is 15.9. The molecule has 2 aromatic carbocycles. The second-order valence-electron chi connectivity index (χ2n) is 6.66. The van der Waals surface area contributed by atoms with Crippen molar-refractivity contribution in [1.82, 2.24) is 14.8 Å². The highest BCUT2D eigenvalue weighted by atomic mass is 32.2. The van der Waals surface area contributed by atoms with Gasteiger partial charge in [0, 0.05) is 17.7 Å². The molecule has 1 aromatic heterocycles. The molecule has 0 spiro atoms. The summed E-state index contributed by atoms with van der Waals surface area (Å²) < 4.78 is 29.1. The fourth-order valence-corrected chi connectivity index (χ4v) is 3.70. The summed E-state index contributed by atoms with van der Waals surface area (Å²) in [5.41, 5.74) is 0.751. The normalized spacial score (nSPS) is 14.7. The van der Waals surface area contributed by atoms with Crippen LogP contribution in [0.3, 0.4) is 0 Å². The molecule has 1 amide bonds. The van der Waals surface area contributed by atoms with E-state index >= 15 is 0 Å². The number of thioether (sulfide) groups is 1. The van der Waals surface area contributed by atoms with E-state index in [2.05, 4.69) is 15.5 Å². The Morgan fingerprint density at radius 1 is 1.18 bits per heavy atom. The number of nitrogens with one attached hydrogen (secondary N) is 1. The Hall–Kier alpha value is -2.74. The molecule has 4 rings (SSSR count). The predicted molar refractivity (Wildman–Crippen MR) is 104 cm³/mol. The number of amides is 1. The number of para-hydroxylation sites is 1. The van der Waals surface area contributed by atoms with Crippen LogP contribution in [-0.4, -0.2) is 25.9 Å². The van der Waals surface area contributed by atoms with Crippen LogP contribution in [0.1, 0.15) is 31.5 Å². The molecular weight excluding hydrogens is 382 g/mol. The van der Waals surface area contributed by atoms with E-state index in [4.69, 9.17) is 0 Å². The molecule has 1 saturated carbocycles. The van der Waals surface area contributed by atoms with Gasteiger partial charge in [0.1, 0.15) is 17.5 Å². The fourth-order valence-electron chi connectivity index (χ4n) is 2.82. The van der Waals surface area contributed by atoms with Crippen LogP contribution >= 0.6 is 11.8 Å². The zero-order chi connectivity index (χ0) is 19.7. The lowest BCUT2D eigenvalue weighted by Crippen LogP contribution is -2.23. The fraction of sp³-hybridized carbons (Fsp3) is 0.250. The Morgan fingerprint density at radius 2 is 1.93 bits per heavy atom. The second-order valence-corrected chi connectivity index (χ2v) is 7.97. The third kappa shape index (κ3) is 3.91. The van der Waals surface area contributed by atoms with Crippen LogP contribution in [0.5, 0.6) is 0 Å². The van der Waals surface area contributed by atoms with Crippen molar-refractivity contribution in [3.8, 4) is 5.69 Å². The molecule has 8 heteroatoms. The molecule has 1 aliphatic carbocycles. The summed E-state index contributed by atoms with van der Waals surface area (Å²) in [4.78, 5) is 12.5. The average molecular weight is 400 g/mol. The first kappa shape index (κ1) is 18.6. The van der Waals surface area contributed by atoms with Gasteiger partial charge in [-0.25, -0.2) is 8.78 Å². The molecule has 0 unspecified atom stereocenters. The lowest BCUT2D eigenvalue weighted by atomic mass is 10.3. The van der Waals surface area contributed by atoms with Gasteiger partial charge < -0.3 is 5.32 Å². The number of hydrogen-bond donors (Lipinski definition) is 1. The number of carbonyl (C=O) groups is 1. The van der Waals surface area contributed by atoms with Gasteiger partial charge in [0.15, 0.2) is 5.16 Å². The number of carbonyl (C=O) groups excluding carboxylic acids is 1. The molecule has 0 bridgehead atoms. The summed E-state index contributed by atoms with van der Waals surface area (Å²) in [7, 11) is 0. The van der Waals surface area contributed by atoms with Crippen LogP contribution in [0.15, 0.2) is 53.7 Å². The molecule has 0 saturated heterocycles. The molecule has 1 N–H and O–H groups in total. The highest BCUT2D eigenvalue weighted by molar-refractivity contribution is 8.00. The number of hydrogen-bond acceptors (Lipinski definition) is 4. The van der Waals surface area contributed by atoms with Crippen molar-refractivity contribution in [3.05, 3.63) is 66.0 Å². The van der Waals surface area contributed by atoms with E-state index in [1.807, 2.05) is 34.9 Å². The molecule has 1 atom stereocenters. The molecular formula is C20H18F2N4OS. The van der Waals surface area contributed by atoms with Crippen molar-refractivity contribution in [2.45, 2.75) is 36.1 Å². The smallest absolute Gasteiger partial charge is 0.237 e. The lowest BCUT2D eigenvalue weighted by Gasteiger charge is -2.14. The number of anilines is 1. The number of nitrogens with zero attached hydrogens (tertiary/aromatic N) is 3. The molecule has 28 heavy (non-hydrogen) atoms. The Kier molecular flexibility index (Phi) is 5.13. The van der Waals surface area contributed by atoms with Gasteiger partial charge in [-0.3, -0.25) is 9.36 Å². The van der Waals surface area contributed by atoms with Crippen LogP contribution in [-0.2, 0) is 4.79 Å². The van der Waals surface area contributed by atoms with E-state index in [0.29, 0.717) is 11.1 Å². The first-order valence-electron chi connectivity index (χ1n) is 8.96. The minimum absolute atomic E-state index is 0.180. The van der Waals surface area contributed by atoms with Gasteiger partial charge in [-0.15, -0.1) is 10.2 Å². The van der Waals surface area contributed by atoms with Crippen molar-refractivity contribution in [2.24, 2.45) is 0 Å². The Bertz CT molecular complexity index is 1000. The van der Waals surface area contributed by atoms with Gasteiger partial charge >= 0.3 is 0 Å². The van der Waals surface area contributed by atoms with Crippen molar-refractivity contribution in [1.29, 1.82) is 0 Å². The van der Waals surface area contributed by atoms with E-state index in [1.165, 1.54) is 11.8 Å². The maximum Gasteiger partial charge on any atom is 0.237 e. The van der Waals surface area contributed by atoms with E-state index in [9.17, 15) is 13.6 Å². The SMILES string of the molecule is C[C@H](Sc1nnc(C2CC2)n1-c1ccccc1)C(=O)Nc1cc(F)ccc1F. The molecule has 1 aliphatic rings. The van der Waals surface area contributed by atoms with Gasteiger partial charge in [-0.1, -0.05) is 30.0 Å². The molecule has 3 aromatic rings. The van der Waals surface area contributed by atoms with E-state index in [0.717, 1.165) is 42.6 Å². The van der Waals surface area contributed by atoms with Crippen molar-refractivity contribution >= 4 is 23.4 Å². The second kappa shape index (κ2) is 7.71. The highest BCUT2D eigenvalue weighted by Crippen LogP contribution is 2.41. The van der Waals surface area contributed by atoms with E-state index < -0.39 is 22.8 Å². The summed E-state index contributed by atoms with van der Waals surface area (Å²) >= 11 is 1.23. The van der Waals surface area contributed by atoms with Gasteiger partial charge in [0.25, 0.3) is 0 Å². The number of halogens is 2. The monoisotopic (exact) mass is 400 g/mol.